The Bertz CT molecular complexity index is 1120. The van der Waals surface area contributed by atoms with Crippen LogP contribution in [-0.4, -0.2) is 25.9 Å². The van der Waals surface area contributed by atoms with Crippen molar-refractivity contribution in [3.63, 3.8) is 0 Å². The molecule has 2 N–H and O–H groups in total. The van der Waals surface area contributed by atoms with E-state index < -0.39 is 10.0 Å². The van der Waals surface area contributed by atoms with Gasteiger partial charge in [-0.05, 0) is 42.5 Å². The van der Waals surface area contributed by atoms with E-state index in [1.165, 1.54) is 36.7 Å². The molecule has 1 aromatic heterocycles. The highest BCUT2D eigenvalue weighted by atomic mass is 32.2. The van der Waals surface area contributed by atoms with Crippen molar-refractivity contribution in [3.05, 3.63) is 84.2 Å². The summed E-state index contributed by atoms with van der Waals surface area (Å²) < 4.78 is 33.1. The molecule has 0 saturated heterocycles. The number of nitrogens with zero attached hydrogens (tertiary/aromatic N) is 1. The van der Waals surface area contributed by atoms with Crippen LogP contribution in [0.2, 0.25) is 0 Å². The fourth-order valence-corrected chi connectivity index (χ4v) is 4.21. The van der Waals surface area contributed by atoms with Crippen molar-refractivity contribution in [2.45, 2.75) is 17.4 Å². The van der Waals surface area contributed by atoms with Gasteiger partial charge in [-0.15, -0.1) is 0 Å². The molecular formula is C21H19N3O4S. The number of rotatable bonds is 5. The van der Waals surface area contributed by atoms with Crippen LogP contribution < -0.4 is 14.8 Å². The molecule has 0 radical (unpaired) electrons. The van der Waals surface area contributed by atoms with Gasteiger partial charge in [0.05, 0.1) is 23.2 Å². The maximum Gasteiger partial charge on any atom is 0.261 e. The molecule has 4 rings (SSSR count). The molecule has 0 bridgehead atoms. The van der Waals surface area contributed by atoms with Crippen LogP contribution in [0, 0.1) is 0 Å². The van der Waals surface area contributed by atoms with Crippen molar-refractivity contribution in [1.82, 2.24) is 10.3 Å². The zero-order valence-corrected chi connectivity index (χ0v) is 16.2. The Hall–Kier alpha value is -3.39. The number of fused-ring (bicyclic) bond motifs is 1. The maximum absolute atomic E-state index is 12.7. The number of hydrogen-bond donors (Lipinski definition) is 2. The first-order valence-electron chi connectivity index (χ1n) is 9.08. The SMILES string of the molecule is O=C(NC1CCOc2ccccc21)c1ccc(S(=O)(=O)Nc2ccncc2)cc1. The lowest BCUT2D eigenvalue weighted by Gasteiger charge is -2.26. The molecule has 8 heteroatoms. The van der Waals surface area contributed by atoms with Gasteiger partial charge in [0, 0.05) is 29.9 Å². The number of hydrogen-bond acceptors (Lipinski definition) is 5. The Labute approximate surface area is 168 Å². The van der Waals surface area contributed by atoms with E-state index in [4.69, 9.17) is 4.74 Å². The fraction of sp³-hybridized carbons (Fsp3) is 0.143. The number of nitrogens with one attached hydrogen (secondary N) is 2. The van der Waals surface area contributed by atoms with Crippen LogP contribution in [0.15, 0.2) is 78.0 Å². The van der Waals surface area contributed by atoms with E-state index in [2.05, 4.69) is 15.0 Å². The highest BCUT2D eigenvalue weighted by Crippen LogP contribution is 2.31. The fourth-order valence-electron chi connectivity index (χ4n) is 3.15. The monoisotopic (exact) mass is 409 g/mol. The summed E-state index contributed by atoms with van der Waals surface area (Å²) in [5, 5.41) is 3.00. The molecular weight excluding hydrogens is 390 g/mol. The van der Waals surface area contributed by atoms with Crippen molar-refractivity contribution >= 4 is 21.6 Å². The van der Waals surface area contributed by atoms with E-state index >= 15 is 0 Å². The Morgan fingerprint density at radius 1 is 1.00 bits per heavy atom. The smallest absolute Gasteiger partial charge is 0.261 e. The lowest BCUT2D eigenvalue weighted by molar-refractivity contribution is 0.0924. The summed E-state index contributed by atoms with van der Waals surface area (Å²) in [5.41, 5.74) is 1.74. The van der Waals surface area contributed by atoms with Gasteiger partial charge in [0.15, 0.2) is 0 Å². The molecule has 1 atom stereocenters. The van der Waals surface area contributed by atoms with Crippen LogP contribution in [0.5, 0.6) is 5.75 Å². The maximum atomic E-state index is 12.7. The number of carbonyl (C=O) groups excluding carboxylic acids is 1. The van der Waals surface area contributed by atoms with Crippen LogP contribution in [-0.2, 0) is 10.0 Å². The van der Waals surface area contributed by atoms with Crippen molar-refractivity contribution in [2.24, 2.45) is 0 Å². The second-order valence-electron chi connectivity index (χ2n) is 6.57. The van der Waals surface area contributed by atoms with Crippen LogP contribution in [0.3, 0.4) is 0 Å². The summed E-state index contributed by atoms with van der Waals surface area (Å²) in [5.74, 6) is 0.505. The van der Waals surface area contributed by atoms with Crippen molar-refractivity contribution < 1.29 is 17.9 Å². The summed E-state index contributed by atoms with van der Waals surface area (Å²) >= 11 is 0. The topological polar surface area (TPSA) is 97.4 Å². The number of carbonyl (C=O) groups is 1. The summed E-state index contributed by atoms with van der Waals surface area (Å²) in [6, 6.07) is 16.4. The minimum atomic E-state index is -3.75. The molecule has 148 valence electrons. The number of pyridine rings is 1. The van der Waals surface area contributed by atoms with Crippen LogP contribution in [0.4, 0.5) is 5.69 Å². The van der Waals surface area contributed by atoms with Crippen molar-refractivity contribution in [1.29, 1.82) is 0 Å². The number of benzene rings is 2. The van der Waals surface area contributed by atoms with Crippen LogP contribution >= 0.6 is 0 Å². The van der Waals surface area contributed by atoms with Gasteiger partial charge in [0.2, 0.25) is 0 Å². The number of anilines is 1. The molecule has 0 saturated carbocycles. The Kier molecular flexibility index (Phi) is 5.18. The molecule has 29 heavy (non-hydrogen) atoms. The zero-order chi connectivity index (χ0) is 20.3. The Morgan fingerprint density at radius 2 is 1.72 bits per heavy atom. The standard InChI is InChI=1S/C21H19N3O4S/c25-21(23-19-11-14-28-20-4-2-1-3-18(19)20)15-5-7-17(8-6-15)29(26,27)24-16-9-12-22-13-10-16/h1-10,12-13,19H,11,14H2,(H,22,24)(H,23,25). The number of aromatic nitrogens is 1. The first kappa shape index (κ1) is 18.9. The minimum absolute atomic E-state index is 0.0716. The number of amides is 1. The predicted molar refractivity (Wildman–Crippen MR) is 108 cm³/mol. The van der Waals surface area contributed by atoms with Crippen LogP contribution in [0.25, 0.3) is 0 Å². The van der Waals surface area contributed by atoms with Gasteiger partial charge >= 0.3 is 0 Å². The first-order valence-corrected chi connectivity index (χ1v) is 10.6. The predicted octanol–water partition coefficient (Wildman–Crippen LogP) is 3.14. The molecule has 3 aromatic rings. The highest BCUT2D eigenvalue weighted by molar-refractivity contribution is 7.92. The van der Waals surface area contributed by atoms with Crippen molar-refractivity contribution in [2.75, 3.05) is 11.3 Å². The molecule has 1 aliphatic rings. The quantitative estimate of drug-likeness (QED) is 0.675. The van der Waals surface area contributed by atoms with E-state index in [0.717, 1.165) is 11.3 Å². The molecule has 1 aliphatic heterocycles. The van der Waals surface area contributed by atoms with E-state index in [0.29, 0.717) is 24.3 Å². The van der Waals surface area contributed by atoms with Crippen molar-refractivity contribution in [3.8, 4) is 5.75 Å². The molecule has 0 aliphatic carbocycles. The van der Waals surface area contributed by atoms with E-state index in [1.807, 2.05) is 24.3 Å². The average Bonchev–Trinajstić information content (AvgIpc) is 2.74. The Morgan fingerprint density at radius 3 is 2.48 bits per heavy atom. The second kappa shape index (κ2) is 7.92. The third-order valence-electron chi connectivity index (χ3n) is 4.62. The molecule has 0 spiro atoms. The number of sulfonamides is 1. The summed E-state index contributed by atoms with van der Waals surface area (Å²) in [7, 11) is -3.75. The van der Waals surface area contributed by atoms with Crippen LogP contribution in [0.1, 0.15) is 28.4 Å². The minimum Gasteiger partial charge on any atom is -0.493 e. The highest BCUT2D eigenvalue weighted by Gasteiger charge is 2.23. The van der Waals surface area contributed by atoms with Gasteiger partial charge < -0.3 is 10.1 Å². The lowest BCUT2D eigenvalue weighted by atomic mass is 10.00. The largest absolute Gasteiger partial charge is 0.493 e. The molecule has 1 amide bonds. The normalized spacial score (nSPS) is 15.7. The molecule has 2 aromatic carbocycles. The van der Waals surface area contributed by atoms with E-state index in [-0.39, 0.29) is 16.8 Å². The molecule has 2 heterocycles. The number of ether oxygens (including phenoxy) is 1. The number of para-hydroxylation sites is 1. The third kappa shape index (κ3) is 4.22. The van der Waals surface area contributed by atoms with E-state index in [9.17, 15) is 13.2 Å². The molecule has 7 nitrogen and oxygen atoms in total. The van der Waals surface area contributed by atoms with Gasteiger partial charge in [-0.1, -0.05) is 18.2 Å². The third-order valence-corrected chi connectivity index (χ3v) is 6.02. The van der Waals surface area contributed by atoms with E-state index in [1.54, 1.807) is 12.1 Å². The zero-order valence-electron chi connectivity index (χ0n) is 15.4. The molecule has 1 unspecified atom stereocenters. The summed E-state index contributed by atoms with van der Waals surface area (Å²) in [6.07, 6.45) is 3.67. The Balaban J connectivity index is 1.47. The lowest BCUT2D eigenvalue weighted by Crippen LogP contribution is -2.32. The van der Waals surface area contributed by atoms with Gasteiger partial charge in [-0.3, -0.25) is 14.5 Å². The van der Waals surface area contributed by atoms with Gasteiger partial charge in [0.1, 0.15) is 5.75 Å². The van der Waals surface area contributed by atoms with Gasteiger partial charge in [-0.25, -0.2) is 8.42 Å². The summed E-state index contributed by atoms with van der Waals surface area (Å²) in [4.78, 5) is 16.6. The average molecular weight is 409 g/mol. The summed E-state index contributed by atoms with van der Waals surface area (Å²) in [6.45, 7) is 0.528. The molecule has 0 fully saturated rings. The first-order chi connectivity index (χ1) is 14.0. The van der Waals surface area contributed by atoms with Gasteiger partial charge in [-0.2, -0.15) is 0 Å². The second-order valence-corrected chi connectivity index (χ2v) is 8.25. The van der Waals surface area contributed by atoms with Gasteiger partial charge in [0.25, 0.3) is 15.9 Å².